The van der Waals surface area contributed by atoms with E-state index in [4.69, 9.17) is 10.8 Å². The Kier molecular flexibility index (Phi) is 5.05. The second-order valence-electron chi connectivity index (χ2n) is 4.26. The second kappa shape index (κ2) is 6.08. The number of rotatable bonds is 5. The summed E-state index contributed by atoms with van der Waals surface area (Å²) in [6.07, 6.45) is 4.69. The van der Waals surface area contributed by atoms with Crippen LogP contribution in [-0.2, 0) is 4.79 Å². The summed E-state index contributed by atoms with van der Waals surface area (Å²) in [5, 5.41) is 9.11. The van der Waals surface area contributed by atoms with Gasteiger partial charge in [-0.2, -0.15) is 0 Å². The summed E-state index contributed by atoms with van der Waals surface area (Å²) in [5.74, 6) is 0.0139. The number of amides is 1. The lowest BCUT2D eigenvalue weighted by Gasteiger charge is -2.26. The minimum atomic E-state index is -0.378. The van der Waals surface area contributed by atoms with E-state index in [1.54, 1.807) is 4.90 Å². The van der Waals surface area contributed by atoms with Crippen LogP contribution in [0.25, 0.3) is 0 Å². The van der Waals surface area contributed by atoms with E-state index < -0.39 is 0 Å². The molecule has 1 rings (SSSR count). The Labute approximate surface area is 91.4 Å². The summed E-state index contributed by atoms with van der Waals surface area (Å²) in [6.45, 7) is 2.90. The largest absolute Gasteiger partial charge is 0.394 e. The normalized spacial score (nSPS) is 23.1. The first-order chi connectivity index (χ1) is 7.20. The van der Waals surface area contributed by atoms with Gasteiger partial charge in [0.1, 0.15) is 0 Å². The Balaban J connectivity index is 2.44. The molecule has 4 heteroatoms. The molecule has 0 radical (unpaired) electrons. The second-order valence-corrected chi connectivity index (χ2v) is 4.26. The Hall–Kier alpha value is -0.610. The van der Waals surface area contributed by atoms with E-state index in [0.29, 0.717) is 0 Å². The third kappa shape index (κ3) is 3.18. The number of carbonyl (C=O) groups excluding carboxylic acids is 1. The van der Waals surface area contributed by atoms with Crippen molar-refractivity contribution in [3.8, 4) is 0 Å². The fourth-order valence-corrected chi connectivity index (χ4v) is 2.08. The summed E-state index contributed by atoms with van der Waals surface area (Å²) in [4.78, 5) is 13.7. The maximum absolute atomic E-state index is 11.9. The highest BCUT2D eigenvalue weighted by Gasteiger charge is 2.30. The monoisotopic (exact) mass is 214 g/mol. The van der Waals surface area contributed by atoms with Crippen LogP contribution in [0.4, 0.5) is 0 Å². The number of unbranched alkanes of at least 4 members (excludes halogenated alkanes) is 1. The molecule has 0 spiro atoms. The van der Waals surface area contributed by atoms with Crippen LogP contribution in [0.1, 0.15) is 39.0 Å². The molecule has 0 aromatic rings. The van der Waals surface area contributed by atoms with E-state index in [1.807, 2.05) is 0 Å². The lowest BCUT2D eigenvalue weighted by molar-refractivity contribution is -0.134. The van der Waals surface area contributed by atoms with Crippen LogP contribution in [0.3, 0.4) is 0 Å². The summed E-state index contributed by atoms with van der Waals surface area (Å²) < 4.78 is 0. The number of aliphatic hydroxyl groups is 1. The van der Waals surface area contributed by atoms with E-state index in [0.717, 1.165) is 38.6 Å². The number of aliphatic hydroxyl groups excluding tert-OH is 1. The van der Waals surface area contributed by atoms with Crippen LogP contribution in [0.2, 0.25) is 0 Å². The molecule has 2 atom stereocenters. The van der Waals surface area contributed by atoms with Crippen LogP contribution in [0.15, 0.2) is 0 Å². The molecular formula is C11H22N2O2. The van der Waals surface area contributed by atoms with Crippen molar-refractivity contribution in [2.75, 3.05) is 13.2 Å². The van der Waals surface area contributed by atoms with E-state index in [-0.39, 0.29) is 24.6 Å². The third-order valence-electron chi connectivity index (χ3n) is 3.06. The number of carbonyl (C=O) groups is 1. The molecule has 4 nitrogen and oxygen atoms in total. The van der Waals surface area contributed by atoms with Gasteiger partial charge in [-0.15, -0.1) is 0 Å². The molecule has 0 aromatic heterocycles. The number of nitrogens with two attached hydrogens (primary N) is 1. The number of likely N-dealkylation sites (tertiary alicyclic amines) is 1. The van der Waals surface area contributed by atoms with Gasteiger partial charge in [0.2, 0.25) is 5.91 Å². The zero-order valence-electron chi connectivity index (χ0n) is 9.48. The first-order valence-electron chi connectivity index (χ1n) is 5.87. The van der Waals surface area contributed by atoms with Crippen molar-refractivity contribution >= 4 is 5.91 Å². The van der Waals surface area contributed by atoms with Crippen LogP contribution in [0.5, 0.6) is 0 Å². The SMILES string of the molecule is CCCC[C@H](N)C(=O)N1CCCC1CO. The lowest BCUT2D eigenvalue weighted by Crippen LogP contribution is -2.47. The summed E-state index contributed by atoms with van der Waals surface area (Å²) in [7, 11) is 0. The first-order valence-corrected chi connectivity index (χ1v) is 5.87. The Morgan fingerprint density at radius 2 is 2.40 bits per heavy atom. The van der Waals surface area contributed by atoms with Crippen molar-refractivity contribution in [3.05, 3.63) is 0 Å². The van der Waals surface area contributed by atoms with Crippen molar-refractivity contribution in [2.45, 2.75) is 51.1 Å². The number of hydrogen-bond acceptors (Lipinski definition) is 3. The predicted octanol–water partition coefficient (Wildman–Crippen LogP) is 0.487. The fraction of sp³-hybridized carbons (Fsp3) is 0.909. The van der Waals surface area contributed by atoms with Gasteiger partial charge in [-0.05, 0) is 19.3 Å². The predicted molar refractivity (Wildman–Crippen MR) is 59.3 cm³/mol. The van der Waals surface area contributed by atoms with Crippen LogP contribution >= 0.6 is 0 Å². The molecule has 1 unspecified atom stereocenters. The topological polar surface area (TPSA) is 66.6 Å². The molecule has 1 saturated heterocycles. The molecule has 0 aromatic carbocycles. The zero-order chi connectivity index (χ0) is 11.3. The van der Waals surface area contributed by atoms with Crippen LogP contribution < -0.4 is 5.73 Å². The van der Waals surface area contributed by atoms with Crippen molar-refractivity contribution in [3.63, 3.8) is 0 Å². The minimum Gasteiger partial charge on any atom is -0.394 e. The molecule has 1 heterocycles. The molecule has 0 bridgehead atoms. The Morgan fingerprint density at radius 1 is 1.67 bits per heavy atom. The van der Waals surface area contributed by atoms with Crippen LogP contribution in [-0.4, -0.2) is 41.1 Å². The van der Waals surface area contributed by atoms with Crippen molar-refractivity contribution in [2.24, 2.45) is 5.73 Å². The van der Waals surface area contributed by atoms with Crippen molar-refractivity contribution in [1.29, 1.82) is 0 Å². The quantitative estimate of drug-likeness (QED) is 0.700. The summed E-state index contributed by atoms with van der Waals surface area (Å²) in [5.41, 5.74) is 5.83. The smallest absolute Gasteiger partial charge is 0.239 e. The van der Waals surface area contributed by atoms with Gasteiger partial charge in [-0.3, -0.25) is 4.79 Å². The molecule has 1 aliphatic heterocycles. The number of nitrogens with zero attached hydrogens (tertiary/aromatic N) is 1. The molecule has 1 fully saturated rings. The molecule has 0 aliphatic carbocycles. The lowest BCUT2D eigenvalue weighted by atomic mass is 10.1. The van der Waals surface area contributed by atoms with Gasteiger partial charge in [0.25, 0.3) is 0 Å². The molecule has 1 aliphatic rings. The Bertz CT molecular complexity index is 209. The highest BCUT2D eigenvalue weighted by molar-refractivity contribution is 5.82. The van der Waals surface area contributed by atoms with Gasteiger partial charge in [0, 0.05) is 6.54 Å². The first kappa shape index (κ1) is 12.5. The fourth-order valence-electron chi connectivity index (χ4n) is 2.08. The molecule has 15 heavy (non-hydrogen) atoms. The standard InChI is InChI=1S/C11H22N2O2/c1-2-3-6-10(12)11(15)13-7-4-5-9(13)8-14/h9-10,14H,2-8,12H2,1H3/t9?,10-/m0/s1. The van der Waals surface area contributed by atoms with E-state index in [9.17, 15) is 4.79 Å². The molecular weight excluding hydrogens is 192 g/mol. The molecule has 0 saturated carbocycles. The van der Waals surface area contributed by atoms with Gasteiger partial charge in [0.05, 0.1) is 18.7 Å². The minimum absolute atomic E-state index is 0.00479. The van der Waals surface area contributed by atoms with E-state index >= 15 is 0 Å². The third-order valence-corrected chi connectivity index (χ3v) is 3.06. The van der Waals surface area contributed by atoms with E-state index in [2.05, 4.69) is 6.92 Å². The maximum atomic E-state index is 11.9. The number of hydrogen-bond donors (Lipinski definition) is 2. The van der Waals surface area contributed by atoms with Gasteiger partial charge in [0.15, 0.2) is 0 Å². The highest BCUT2D eigenvalue weighted by atomic mass is 16.3. The highest BCUT2D eigenvalue weighted by Crippen LogP contribution is 2.18. The molecule has 88 valence electrons. The molecule has 3 N–H and O–H groups in total. The van der Waals surface area contributed by atoms with Crippen molar-refractivity contribution in [1.82, 2.24) is 4.90 Å². The van der Waals surface area contributed by atoms with Gasteiger partial charge in [-0.25, -0.2) is 0 Å². The zero-order valence-corrected chi connectivity index (χ0v) is 9.48. The molecule has 1 amide bonds. The average Bonchev–Trinajstić information content (AvgIpc) is 2.72. The van der Waals surface area contributed by atoms with Gasteiger partial charge < -0.3 is 15.7 Å². The van der Waals surface area contributed by atoms with Crippen LogP contribution in [0, 0.1) is 0 Å². The van der Waals surface area contributed by atoms with E-state index in [1.165, 1.54) is 0 Å². The van der Waals surface area contributed by atoms with Crippen molar-refractivity contribution < 1.29 is 9.90 Å². The summed E-state index contributed by atoms with van der Waals surface area (Å²) in [6, 6.07) is -0.373. The Morgan fingerprint density at radius 3 is 3.00 bits per heavy atom. The van der Waals surface area contributed by atoms with Gasteiger partial charge >= 0.3 is 0 Å². The summed E-state index contributed by atoms with van der Waals surface area (Å²) >= 11 is 0. The van der Waals surface area contributed by atoms with Gasteiger partial charge in [-0.1, -0.05) is 19.8 Å². The maximum Gasteiger partial charge on any atom is 0.239 e. The average molecular weight is 214 g/mol.